The summed E-state index contributed by atoms with van der Waals surface area (Å²) in [6, 6.07) is 6.99. The molecule has 0 atom stereocenters. The van der Waals surface area contributed by atoms with Crippen LogP contribution in [0.4, 0.5) is 10.1 Å². The number of nitro benzene ring substituents is 1. The summed E-state index contributed by atoms with van der Waals surface area (Å²) in [6.07, 6.45) is 0. The predicted molar refractivity (Wildman–Crippen MR) is 77.9 cm³/mol. The van der Waals surface area contributed by atoms with Gasteiger partial charge in [-0.05, 0) is 30.7 Å². The number of aliphatic hydroxyl groups is 1. The summed E-state index contributed by atoms with van der Waals surface area (Å²) in [7, 11) is 0. The fourth-order valence-electron chi connectivity index (χ4n) is 1.88. The van der Waals surface area contributed by atoms with Gasteiger partial charge >= 0.3 is 5.69 Å². The third-order valence-corrected chi connectivity index (χ3v) is 3.32. The SMILES string of the molecule is Cc1cc(Br)cc([N+](=O)[O-])c1Oc1cccc(F)c1CO. The Morgan fingerprint density at radius 1 is 1.43 bits per heavy atom. The normalized spacial score (nSPS) is 10.5. The van der Waals surface area contributed by atoms with Crippen LogP contribution in [0.25, 0.3) is 0 Å². The molecule has 0 unspecified atom stereocenters. The van der Waals surface area contributed by atoms with Crippen LogP contribution in [-0.4, -0.2) is 10.0 Å². The van der Waals surface area contributed by atoms with Crippen LogP contribution < -0.4 is 4.74 Å². The number of halogens is 2. The average molecular weight is 356 g/mol. The van der Waals surface area contributed by atoms with Crippen molar-refractivity contribution in [1.29, 1.82) is 0 Å². The van der Waals surface area contributed by atoms with Crippen LogP contribution in [0, 0.1) is 22.9 Å². The Hall–Kier alpha value is -1.99. The highest BCUT2D eigenvalue weighted by Crippen LogP contribution is 2.38. The van der Waals surface area contributed by atoms with Crippen LogP contribution in [0.3, 0.4) is 0 Å². The molecule has 21 heavy (non-hydrogen) atoms. The first-order chi connectivity index (χ1) is 9.93. The Balaban J connectivity index is 2.54. The van der Waals surface area contributed by atoms with E-state index < -0.39 is 17.3 Å². The molecule has 0 saturated carbocycles. The standard InChI is InChI=1S/C14H11BrFNO4/c1-8-5-9(15)6-12(17(19)20)14(8)21-13-4-2-3-11(16)10(13)7-18/h2-6,18H,7H2,1H3. The van der Waals surface area contributed by atoms with Gasteiger partial charge in [0.25, 0.3) is 0 Å². The Kier molecular flexibility index (Phi) is 4.54. The topological polar surface area (TPSA) is 72.6 Å². The van der Waals surface area contributed by atoms with Gasteiger partial charge in [-0.25, -0.2) is 4.39 Å². The molecule has 110 valence electrons. The maximum absolute atomic E-state index is 13.6. The highest BCUT2D eigenvalue weighted by atomic mass is 79.9. The first-order valence-corrected chi connectivity index (χ1v) is 6.74. The Labute approximate surface area is 128 Å². The molecule has 0 spiro atoms. The van der Waals surface area contributed by atoms with Crippen molar-refractivity contribution in [1.82, 2.24) is 0 Å². The third kappa shape index (κ3) is 3.20. The van der Waals surface area contributed by atoms with Crippen LogP contribution in [0.5, 0.6) is 11.5 Å². The first kappa shape index (κ1) is 15.4. The van der Waals surface area contributed by atoms with Gasteiger partial charge in [0.1, 0.15) is 11.6 Å². The van der Waals surface area contributed by atoms with Crippen molar-refractivity contribution in [3.63, 3.8) is 0 Å². The fraction of sp³-hybridized carbons (Fsp3) is 0.143. The summed E-state index contributed by atoms with van der Waals surface area (Å²) in [5.41, 5.74) is 0.230. The summed E-state index contributed by atoms with van der Waals surface area (Å²) in [5, 5.41) is 20.3. The van der Waals surface area contributed by atoms with Crippen LogP contribution >= 0.6 is 15.9 Å². The molecule has 2 aromatic rings. The first-order valence-electron chi connectivity index (χ1n) is 5.94. The van der Waals surface area contributed by atoms with E-state index in [1.807, 2.05) is 0 Å². The van der Waals surface area contributed by atoms with Gasteiger partial charge in [-0.3, -0.25) is 10.1 Å². The molecule has 2 aromatic carbocycles. The average Bonchev–Trinajstić information content (AvgIpc) is 2.41. The quantitative estimate of drug-likeness (QED) is 0.662. The van der Waals surface area contributed by atoms with Crippen LogP contribution in [0.1, 0.15) is 11.1 Å². The molecule has 0 aromatic heterocycles. The van der Waals surface area contributed by atoms with Crippen LogP contribution in [-0.2, 0) is 6.61 Å². The van der Waals surface area contributed by atoms with E-state index in [0.29, 0.717) is 10.0 Å². The molecule has 0 fully saturated rings. The van der Waals surface area contributed by atoms with E-state index >= 15 is 0 Å². The lowest BCUT2D eigenvalue weighted by atomic mass is 10.1. The fourth-order valence-corrected chi connectivity index (χ4v) is 2.44. The summed E-state index contributed by atoms with van der Waals surface area (Å²) < 4.78 is 19.6. The number of nitrogens with zero attached hydrogens (tertiary/aromatic N) is 1. The molecule has 7 heteroatoms. The molecular formula is C14H11BrFNO4. The van der Waals surface area contributed by atoms with Crippen molar-refractivity contribution in [2.75, 3.05) is 0 Å². The molecule has 0 aliphatic heterocycles. The predicted octanol–water partition coefficient (Wildman–Crippen LogP) is 4.09. The van der Waals surface area contributed by atoms with Gasteiger partial charge in [0.2, 0.25) is 5.75 Å². The van der Waals surface area contributed by atoms with Gasteiger partial charge in [0.05, 0.1) is 17.1 Å². The van der Waals surface area contributed by atoms with Crippen molar-refractivity contribution in [3.8, 4) is 11.5 Å². The summed E-state index contributed by atoms with van der Waals surface area (Å²) >= 11 is 3.18. The molecule has 1 N–H and O–H groups in total. The monoisotopic (exact) mass is 355 g/mol. The lowest BCUT2D eigenvalue weighted by Gasteiger charge is -2.12. The van der Waals surface area contributed by atoms with E-state index in [4.69, 9.17) is 4.74 Å². The van der Waals surface area contributed by atoms with E-state index in [1.54, 1.807) is 13.0 Å². The number of hydrogen-bond acceptors (Lipinski definition) is 4. The third-order valence-electron chi connectivity index (χ3n) is 2.86. The van der Waals surface area contributed by atoms with Gasteiger partial charge in [-0.15, -0.1) is 0 Å². The zero-order valence-corrected chi connectivity index (χ0v) is 12.6. The molecule has 0 aliphatic rings. The van der Waals surface area contributed by atoms with Crippen LogP contribution in [0.2, 0.25) is 0 Å². The van der Waals surface area contributed by atoms with E-state index in [2.05, 4.69) is 15.9 Å². The lowest BCUT2D eigenvalue weighted by Crippen LogP contribution is -2.00. The number of aryl methyl sites for hydroxylation is 1. The van der Waals surface area contributed by atoms with Crippen molar-refractivity contribution in [3.05, 3.63) is 61.9 Å². The van der Waals surface area contributed by atoms with Gasteiger partial charge < -0.3 is 9.84 Å². The Bertz CT molecular complexity index is 706. The number of benzene rings is 2. The number of hydrogen-bond donors (Lipinski definition) is 1. The molecule has 0 heterocycles. The van der Waals surface area contributed by atoms with E-state index in [1.165, 1.54) is 24.3 Å². The minimum absolute atomic E-state index is 0.0171. The smallest absolute Gasteiger partial charge is 0.312 e. The van der Waals surface area contributed by atoms with E-state index in [0.717, 1.165) is 0 Å². The van der Waals surface area contributed by atoms with E-state index in [9.17, 15) is 19.6 Å². The molecule has 0 bridgehead atoms. The molecule has 2 rings (SSSR count). The minimum atomic E-state index is -0.632. The molecular weight excluding hydrogens is 345 g/mol. The molecule has 5 nitrogen and oxygen atoms in total. The summed E-state index contributed by atoms with van der Waals surface area (Å²) in [5.74, 6) is -0.568. The maximum atomic E-state index is 13.6. The van der Waals surface area contributed by atoms with Gasteiger partial charge in [-0.1, -0.05) is 22.0 Å². The Morgan fingerprint density at radius 3 is 2.76 bits per heavy atom. The number of ether oxygens (including phenoxy) is 1. The maximum Gasteiger partial charge on any atom is 0.312 e. The molecule has 0 aliphatic carbocycles. The van der Waals surface area contributed by atoms with Gasteiger partial charge in [0, 0.05) is 10.5 Å². The van der Waals surface area contributed by atoms with Gasteiger partial charge in [-0.2, -0.15) is 0 Å². The second-order valence-electron chi connectivity index (χ2n) is 4.30. The largest absolute Gasteiger partial charge is 0.449 e. The van der Waals surface area contributed by atoms with Crippen molar-refractivity contribution in [2.24, 2.45) is 0 Å². The molecule has 0 amide bonds. The van der Waals surface area contributed by atoms with E-state index in [-0.39, 0.29) is 22.7 Å². The van der Waals surface area contributed by atoms with Gasteiger partial charge in [0.15, 0.2) is 0 Å². The Morgan fingerprint density at radius 2 is 2.14 bits per heavy atom. The minimum Gasteiger partial charge on any atom is -0.449 e. The highest BCUT2D eigenvalue weighted by molar-refractivity contribution is 9.10. The highest BCUT2D eigenvalue weighted by Gasteiger charge is 2.21. The lowest BCUT2D eigenvalue weighted by molar-refractivity contribution is -0.385. The number of rotatable bonds is 4. The summed E-state index contributed by atoms with van der Waals surface area (Å²) in [6.45, 7) is 1.08. The van der Waals surface area contributed by atoms with Crippen molar-refractivity contribution < 1.29 is 19.2 Å². The molecule has 0 saturated heterocycles. The zero-order chi connectivity index (χ0) is 15.6. The second kappa shape index (κ2) is 6.19. The molecule has 0 radical (unpaired) electrons. The van der Waals surface area contributed by atoms with Crippen molar-refractivity contribution in [2.45, 2.75) is 13.5 Å². The number of aliphatic hydroxyl groups excluding tert-OH is 1. The number of nitro groups is 1. The van der Waals surface area contributed by atoms with Crippen LogP contribution in [0.15, 0.2) is 34.8 Å². The van der Waals surface area contributed by atoms with Crippen molar-refractivity contribution >= 4 is 21.6 Å². The zero-order valence-electron chi connectivity index (χ0n) is 11.0. The second-order valence-corrected chi connectivity index (χ2v) is 5.22. The summed E-state index contributed by atoms with van der Waals surface area (Å²) in [4.78, 5) is 10.5.